The molecule has 0 spiro atoms. The van der Waals surface area contributed by atoms with Crippen molar-refractivity contribution < 1.29 is 31.8 Å². The van der Waals surface area contributed by atoms with Crippen LogP contribution in [0.1, 0.15) is 28.5 Å². The normalized spacial score (nSPS) is 12.1. The Hall–Kier alpha value is -4.89. The Kier molecular flexibility index (Phi) is 8.13. The zero-order valence-electron chi connectivity index (χ0n) is 21.2. The van der Waals surface area contributed by atoms with E-state index in [0.717, 1.165) is 12.3 Å². The second-order valence-corrected chi connectivity index (χ2v) is 9.29. The van der Waals surface area contributed by atoms with Gasteiger partial charge in [-0.2, -0.15) is 23.3 Å². The van der Waals surface area contributed by atoms with Crippen molar-refractivity contribution in [1.29, 1.82) is 0 Å². The number of halogens is 5. The summed E-state index contributed by atoms with van der Waals surface area (Å²) >= 11 is 6.01. The van der Waals surface area contributed by atoms with Crippen molar-refractivity contribution in [1.82, 2.24) is 30.0 Å². The number of tetrazole rings is 1. The third-order valence-corrected chi connectivity index (χ3v) is 6.66. The maximum atomic E-state index is 15.2. The van der Waals surface area contributed by atoms with Crippen LogP contribution in [-0.2, 0) is 4.74 Å². The maximum absolute atomic E-state index is 15.2. The molecule has 1 atom stereocenters. The number of primary amides is 1. The van der Waals surface area contributed by atoms with Crippen LogP contribution >= 0.6 is 11.6 Å². The number of rotatable bonds is 10. The molecule has 0 radical (unpaired) electrons. The fraction of sp³-hybridized carbons (Fsp3) is 0.154. The second kappa shape index (κ2) is 11.9. The molecule has 216 valence electrons. The molecule has 3 aromatic heterocycles. The summed E-state index contributed by atoms with van der Waals surface area (Å²) in [5.41, 5.74) is 5.98. The number of amides is 1. The number of aromatic nitrogens is 7. The van der Waals surface area contributed by atoms with E-state index >= 15 is 4.39 Å². The molecule has 0 unspecified atom stereocenters. The summed E-state index contributed by atoms with van der Waals surface area (Å²) in [4.78, 5) is 11.4. The Morgan fingerprint density at radius 2 is 1.90 bits per heavy atom. The van der Waals surface area contributed by atoms with Gasteiger partial charge in [-0.1, -0.05) is 17.7 Å². The maximum Gasteiger partial charge on any atom is 0.345 e. The predicted octanol–water partition coefficient (Wildman–Crippen LogP) is 4.08. The summed E-state index contributed by atoms with van der Waals surface area (Å²) in [6.45, 7) is -3.48. The molecule has 0 saturated heterocycles. The molecule has 3 heterocycles. The summed E-state index contributed by atoms with van der Waals surface area (Å²) in [6.07, 6.45) is 5.09. The highest BCUT2D eigenvalue weighted by Crippen LogP contribution is 2.34. The first kappa shape index (κ1) is 28.6. The molecule has 2 aromatic carbocycles. The summed E-state index contributed by atoms with van der Waals surface area (Å²) in [6, 6.07) is 8.50. The lowest BCUT2D eigenvalue weighted by molar-refractivity contribution is -0.615. The molecule has 5 aromatic rings. The van der Waals surface area contributed by atoms with Crippen LogP contribution < -0.4 is 10.5 Å². The SMILES string of the molecule is NC(=O)c1ccc(-c2cnn([C@H](CCOC(F)F)c3ccc(-c4c(-n5cnnn5)ccc(Cl)c4F)c[n+]3[O-])c2)cc1F. The number of carbonyl (C=O) groups excluding carboxylic acids is 1. The van der Waals surface area contributed by atoms with E-state index in [1.807, 2.05) is 0 Å². The fourth-order valence-corrected chi connectivity index (χ4v) is 4.57. The number of pyridine rings is 1. The number of carbonyl (C=O) groups is 1. The minimum absolute atomic E-state index is 0.0497. The van der Waals surface area contributed by atoms with Gasteiger partial charge in [0.05, 0.1) is 40.2 Å². The molecule has 42 heavy (non-hydrogen) atoms. The number of nitrogens with two attached hydrogens (primary N) is 1. The second-order valence-electron chi connectivity index (χ2n) is 8.88. The van der Waals surface area contributed by atoms with Crippen molar-refractivity contribution in [3.8, 4) is 27.9 Å². The van der Waals surface area contributed by atoms with Gasteiger partial charge in [-0.15, -0.1) is 5.10 Å². The molecule has 0 aliphatic carbocycles. The quantitative estimate of drug-likeness (QED) is 0.144. The van der Waals surface area contributed by atoms with Crippen molar-refractivity contribution in [2.45, 2.75) is 19.1 Å². The van der Waals surface area contributed by atoms with Crippen molar-refractivity contribution in [3.63, 3.8) is 0 Å². The van der Waals surface area contributed by atoms with E-state index in [4.69, 9.17) is 17.3 Å². The summed E-state index contributed by atoms with van der Waals surface area (Å²) < 4.78 is 62.5. The van der Waals surface area contributed by atoms with Crippen LogP contribution in [0.3, 0.4) is 0 Å². The number of benzene rings is 2. The highest BCUT2D eigenvalue weighted by atomic mass is 35.5. The van der Waals surface area contributed by atoms with E-state index in [1.165, 1.54) is 64.5 Å². The molecular formula is C26H19ClF4N8O3. The van der Waals surface area contributed by atoms with Crippen LogP contribution in [0.15, 0.2) is 67.4 Å². The minimum Gasteiger partial charge on any atom is -0.618 e. The van der Waals surface area contributed by atoms with Crippen molar-refractivity contribution in [2.24, 2.45) is 5.73 Å². The number of ether oxygens (including phenoxy) is 1. The van der Waals surface area contributed by atoms with Gasteiger partial charge >= 0.3 is 6.61 Å². The standard InChI is InChI=1S/C26H19ClF4N8O3/c27-18-4-6-22(38-13-33-35-36-38)23(24(18)29)15-2-5-21(39(41)12-15)20(7-8-42-26(30)31)37-11-16(10-34-37)14-1-3-17(25(32)40)19(28)9-14/h1-6,9-13,20,26H,7-8H2,(H2,32,40)/t20-/m1/s1. The average Bonchev–Trinajstić information content (AvgIpc) is 3.66. The third kappa shape index (κ3) is 5.77. The first-order valence-corrected chi connectivity index (χ1v) is 12.5. The molecule has 2 N–H and O–H groups in total. The van der Waals surface area contributed by atoms with E-state index in [9.17, 15) is 23.2 Å². The van der Waals surface area contributed by atoms with Gasteiger partial charge in [-0.05, 0) is 46.3 Å². The van der Waals surface area contributed by atoms with Crippen LogP contribution in [0.2, 0.25) is 5.02 Å². The largest absolute Gasteiger partial charge is 0.618 e. The molecule has 0 fully saturated rings. The highest BCUT2D eigenvalue weighted by Gasteiger charge is 2.26. The third-order valence-electron chi connectivity index (χ3n) is 6.37. The van der Waals surface area contributed by atoms with Gasteiger partial charge in [0.2, 0.25) is 5.69 Å². The Morgan fingerprint density at radius 1 is 1.12 bits per heavy atom. The smallest absolute Gasteiger partial charge is 0.345 e. The minimum atomic E-state index is -3.04. The van der Waals surface area contributed by atoms with Gasteiger partial charge in [-0.3, -0.25) is 9.48 Å². The van der Waals surface area contributed by atoms with Crippen LogP contribution in [0.5, 0.6) is 0 Å². The van der Waals surface area contributed by atoms with Gasteiger partial charge in [0.25, 0.3) is 5.91 Å². The predicted molar refractivity (Wildman–Crippen MR) is 139 cm³/mol. The van der Waals surface area contributed by atoms with Gasteiger partial charge in [0.1, 0.15) is 18.2 Å². The topological polar surface area (TPSA) is 141 Å². The summed E-state index contributed by atoms with van der Waals surface area (Å²) in [7, 11) is 0. The molecule has 0 bridgehead atoms. The van der Waals surface area contributed by atoms with Crippen LogP contribution in [-0.4, -0.2) is 49.1 Å². The lowest BCUT2D eigenvalue weighted by Gasteiger charge is -2.18. The van der Waals surface area contributed by atoms with E-state index in [1.54, 1.807) is 0 Å². The number of hydrogen-bond acceptors (Lipinski definition) is 7. The van der Waals surface area contributed by atoms with Gasteiger partial charge in [-0.25, -0.2) is 8.78 Å². The Labute approximate surface area is 239 Å². The highest BCUT2D eigenvalue weighted by molar-refractivity contribution is 6.31. The summed E-state index contributed by atoms with van der Waals surface area (Å²) in [5.74, 6) is -2.58. The number of hydrogen-bond donors (Lipinski definition) is 1. The van der Waals surface area contributed by atoms with Gasteiger partial charge < -0.3 is 15.7 Å². The molecule has 16 heteroatoms. The van der Waals surface area contributed by atoms with Crippen molar-refractivity contribution in [2.75, 3.05) is 6.61 Å². The van der Waals surface area contributed by atoms with Crippen LogP contribution in [0.4, 0.5) is 17.6 Å². The zero-order chi connectivity index (χ0) is 30.0. The van der Waals surface area contributed by atoms with E-state index < -0.39 is 36.8 Å². The molecule has 5 rings (SSSR count). The molecular weight excluding hydrogens is 584 g/mol. The van der Waals surface area contributed by atoms with E-state index in [-0.39, 0.29) is 39.5 Å². The number of alkyl halides is 2. The van der Waals surface area contributed by atoms with Gasteiger partial charge in [0.15, 0.2) is 12.0 Å². The van der Waals surface area contributed by atoms with Crippen molar-refractivity contribution in [3.05, 3.63) is 101 Å². The lowest BCUT2D eigenvalue weighted by Crippen LogP contribution is -2.36. The average molecular weight is 603 g/mol. The van der Waals surface area contributed by atoms with Gasteiger partial charge in [0, 0.05) is 24.2 Å². The van der Waals surface area contributed by atoms with E-state index in [0.29, 0.717) is 15.9 Å². The molecule has 0 aliphatic heterocycles. The first-order valence-electron chi connectivity index (χ1n) is 12.1. The fourth-order valence-electron chi connectivity index (χ4n) is 4.41. The van der Waals surface area contributed by atoms with E-state index in [2.05, 4.69) is 25.4 Å². The summed E-state index contributed by atoms with van der Waals surface area (Å²) in [5, 5.41) is 28.3. The number of nitrogens with zero attached hydrogens (tertiary/aromatic N) is 7. The van der Waals surface area contributed by atoms with Crippen LogP contribution in [0, 0.1) is 16.8 Å². The first-order chi connectivity index (χ1) is 20.1. The molecule has 11 nitrogen and oxygen atoms in total. The van der Waals surface area contributed by atoms with Crippen molar-refractivity contribution >= 4 is 17.5 Å². The Bertz CT molecular complexity index is 1750. The Morgan fingerprint density at radius 3 is 2.57 bits per heavy atom. The lowest BCUT2D eigenvalue weighted by atomic mass is 10.0. The monoisotopic (exact) mass is 602 g/mol. The molecule has 0 aliphatic rings. The zero-order valence-corrected chi connectivity index (χ0v) is 22.0. The van der Waals surface area contributed by atoms with Crippen LogP contribution in [0.25, 0.3) is 27.9 Å². The molecule has 1 amide bonds. The molecule has 0 saturated carbocycles. The Balaban J connectivity index is 1.53.